The molecule has 0 N–H and O–H groups in total. The third kappa shape index (κ3) is 5.70. The van der Waals surface area contributed by atoms with Crippen LogP contribution in [0.15, 0.2) is 243 Å². The molecule has 0 aliphatic rings. The van der Waals surface area contributed by atoms with Gasteiger partial charge in [0.05, 0.1) is 0 Å². The second-order valence-electron chi connectivity index (χ2n) is 17.1. The van der Waals surface area contributed by atoms with Crippen LogP contribution in [0.3, 0.4) is 0 Å². The van der Waals surface area contributed by atoms with Gasteiger partial charge in [-0.05, 0) is 149 Å². The first-order valence-electron chi connectivity index (χ1n) is 22.2. The van der Waals surface area contributed by atoms with Gasteiger partial charge >= 0.3 is 0 Å². The highest BCUT2D eigenvalue weighted by molar-refractivity contribution is 6.25. The Morgan fingerprint density at radius 1 is 0.172 bits per heavy atom. The average Bonchev–Trinajstić information content (AvgIpc) is 3.36. The highest BCUT2D eigenvalue weighted by Crippen LogP contribution is 2.49. The number of benzene rings is 13. The highest BCUT2D eigenvalue weighted by atomic mass is 14.2. The van der Waals surface area contributed by atoms with Crippen molar-refractivity contribution in [3.8, 4) is 55.6 Å². The second kappa shape index (κ2) is 14.7. The molecule has 0 fully saturated rings. The minimum Gasteiger partial charge on any atom is -0.0616 e. The normalized spacial score (nSPS) is 11.8. The van der Waals surface area contributed by atoms with E-state index < -0.39 is 0 Å². The smallest absolute Gasteiger partial charge is 0.00199 e. The van der Waals surface area contributed by atoms with E-state index in [0.29, 0.717) is 0 Å². The van der Waals surface area contributed by atoms with E-state index in [1.807, 2.05) is 0 Å². The van der Waals surface area contributed by atoms with Gasteiger partial charge in [-0.2, -0.15) is 0 Å². The van der Waals surface area contributed by atoms with Crippen molar-refractivity contribution in [2.24, 2.45) is 0 Å². The Morgan fingerprint density at radius 3 is 1.20 bits per heavy atom. The first kappa shape index (κ1) is 36.3. The summed E-state index contributed by atoms with van der Waals surface area (Å²) in [7, 11) is 0. The molecule has 0 nitrogen and oxygen atoms in total. The predicted molar refractivity (Wildman–Crippen MR) is 276 cm³/mol. The lowest BCUT2D eigenvalue weighted by Gasteiger charge is -2.21. The molecule has 296 valence electrons. The monoisotopic (exact) mass is 808 g/mol. The molecule has 0 atom stereocenters. The summed E-state index contributed by atoms with van der Waals surface area (Å²) in [6.45, 7) is 0. The van der Waals surface area contributed by atoms with Gasteiger partial charge in [-0.1, -0.05) is 224 Å². The second-order valence-corrected chi connectivity index (χ2v) is 17.1. The molecule has 0 spiro atoms. The van der Waals surface area contributed by atoms with Crippen molar-refractivity contribution in [3.05, 3.63) is 243 Å². The third-order valence-corrected chi connectivity index (χ3v) is 13.6. The van der Waals surface area contributed by atoms with Crippen molar-refractivity contribution in [2.75, 3.05) is 0 Å². The molecule has 13 aromatic rings. The Kier molecular flexibility index (Phi) is 8.32. The van der Waals surface area contributed by atoms with Crippen molar-refractivity contribution in [1.29, 1.82) is 0 Å². The zero-order chi connectivity index (χ0) is 42.1. The number of rotatable bonds is 5. The lowest BCUT2D eigenvalue weighted by atomic mass is 9.82. The van der Waals surface area contributed by atoms with Crippen molar-refractivity contribution in [3.63, 3.8) is 0 Å². The lowest BCUT2D eigenvalue weighted by Crippen LogP contribution is -1.94. The fourth-order valence-corrected chi connectivity index (χ4v) is 10.8. The van der Waals surface area contributed by atoms with Gasteiger partial charge in [0.15, 0.2) is 0 Å². The maximum Gasteiger partial charge on any atom is -0.00199 e. The molecule has 13 aromatic carbocycles. The summed E-state index contributed by atoms with van der Waals surface area (Å²) < 4.78 is 0. The summed E-state index contributed by atoms with van der Waals surface area (Å²) in [6, 6.07) is 90.1. The van der Waals surface area contributed by atoms with Crippen molar-refractivity contribution >= 4 is 75.4 Å². The summed E-state index contributed by atoms with van der Waals surface area (Å²) in [6.07, 6.45) is 0. The van der Waals surface area contributed by atoms with E-state index in [-0.39, 0.29) is 0 Å². The van der Waals surface area contributed by atoms with Crippen LogP contribution in [-0.4, -0.2) is 0 Å². The van der Waals surface area contributed by atoms with E-state index in [4.69, 9.17) is 0 Å². The standard InChI is InChI=1S/C64H40/c1-2-19-44-38-46(35-34-41(44)16-1)62-56-26-9-11-28-58(56)64(59-29-12-10-27-57(59)62)61-40-47(39-45-20-5-8-25-50(45)61)51-36-37-60(53-31-14-22-43-18-4-7-24-49(43)53)63-54(51)32-15-33-55(63)52-30-13-21-42-17-3-6-23-48(42)52/h1-40H. The predicted octanol–water partition coefficient (Wildman–Crippen LogP) is 18.1. The van der Waals surface area contributed by atoms with E-state index in [1.165, 1.54) is 131 Å². The van der Waals surface area contributed by atoms with Gasteiger partial charge in [-0.3, -0.25) is 0 Å². The minimum absolute atomic E-state index is 1.20. The first-order valence-corrected chi connectivity index (χ1v) is 22.2. The maximum atomic E-state index is 2.48. The van der Waals surface area contributed by atoms with Gasteiger partial charge in [-0.15, -0.1) is 0 Å². The number of fused-ring (bicyclic) bond motifs is 7. The average molecular weight is 809 g/mol. The molecule has 0 heterocycles. The Hall–Kier alpha value is -8.32. The Morgan fingerprint density at radius 2 is 0.578 bits per heavy atom. The topological polar surface area (TPSA) is 0 Å². The van der Waals surface area contributed by atoms with E-state index >= 15 is 0 Å². The highest BCUT2D eigenvalue weighted by Gasteiger charge is 2.21. The summed E-state index contributed by atoms with van der Waals surface area (Å²) in [5.74, 6) is 0. The fourth-order valence-electron chi connectivity index (χ4n) is 10.8. The van der Waals surface area contributed by atoms with Gasteiger partial charge < -0.3 is 0 Å². The van der Waals surface area contributed by atoms with Crippen LogP contribution in [0.2, 0.25) is 0 Å². The molecule has 0 radical (unpaired) electrons. The zero-order valence-electron chi connectivity index (χ0n) is 35.1. The molecule has 0 aliphatic heterocycles. The van der Waals surface area contributed by atoms with Crippen molar-refractivity contribution in [2.45, 2.75) is 0 Å². The molecular formula is C64H40. The van der Waals surface area contributed by atoms with E-state index in [1.54, 1.807) is 0 Å². The fraction of sp³-hybridized carbons (Fsp3) is 0. The van der Waals surface area contributed by atoms with Crippen LogP contribution in [0.25, 0.3) is 131 Å². The Bertz CT molecular complexity index is 3870. The van der Waals surface area contributed by atoms with Crippen LogP contribution in [-0.2, 0) is 0 Å². The zero-order valence-corrected chi connectivity index (χ0v) is 35.1. The summed E-state index contributed by atoms with van der Waals surface area (Å²) in [5, 5.41) is 17.5. The van der Waals surface area contributed by atoms with Crippen molar-refractivity contribution < 1.29 is 0 Å². The summed E-state index contributed by atoms with van der Waals surface area (Å²) in [5.41, 5.74) is 12.4. The number of hydrogen-bond acceptors (Lipinski definition) is 0. The molecule has 0 heteroatoms. The molecule has 0 unspecified atom stereocenters. The molecule has 0 aliphatic carbocycles. The molecule has 64 heavy (non-hydrogen) atoms. The van der Waals surface area contributed by atoms with Gasteiger partial charge in [0, 0.05) is 0 Å². The minimum atomic E-state index is 1.20. The number of hydrogen-bond donors (Lipinski definition) is 0. The van der Waals surface area contributed by atoms with Crippen LogP contribution >= 0.6 is 0 Å². The van der Waals surface area contributed by atoms with Crippen LogP contribution in [0.5, 0.6) is 0 Å². The summed E-state index contributed by atoms with van der Waals surface area (Å²) in [4.78, 5) is 0. The molecule has 0 bridgehead atoms. The molecule has 0 saturated carbocycles. The molecule has 13 rings (SSSR count). The van der Waals surface area contributed by atoms with Crippen LogP contribution in [0.1, 0.15) is 0 Å². The van der Waals surface area contributed by atoms with Gasteiger partial charge in [0.1, 0.15) is 0 Å². The van der Waals surface area contributed by atoms with Gasteiger partial charge in [-0.25, -0.2) is 0 Å². The lowest BCUT2D eigenvalue weighted by molar-refractivity contribution is 1.64. The molecule has 0 saturated heterocycles. The van der Waals surface area contributed by atoms with Crippen LogP contribution in [0.4, 0.5) is 0 Å². The van der Waals surface area contributed by atoms with Crippen molar-refractivity contribution in [1.82, 2.24) is 0 Å². The molecule has 0 aromatic heterocycles. The Labute approximate surface area is 371 Å². The summed E-state index contributed by atoms with van der Waals surface area (Å²) >= 11 is 0. The first-order chi connectivity index (χ1) is 31.8. The van der Waals surface area contributed by atoms with E-state index in [0.717, 1.165) is 0 Å². The molecule has 0 amide bonds. The SMILES string of the molecule is c1ccc2cc(-c3c4ccccc4c(-c4cc(-c5ccc(-c6cccc7ccccc67)c6c(-c7cccc8ccccc78)cccc56)cc5ccccc45)c4ccccc34)ccc2c1. The van der Waals surface area contributed by atoms with Crippen LogP contribution in [0, 0.1) is 0 Å². The quantitative estimate of drug-likeness (QED) is 0.152. The van der Waals surface area contributed by atoms with E-state index in [2.05, 4.69) is 243 Å². The van der Waals surface area contributed by atoms with Gasteiger partial charge in [0.25, 0.3) is 0 Å². The van der Waals surface area contributed by atoms with Crippen LogP contribution < -0.4 is 0 Å². The molecular weight excluding hydrogens is 769 g/mol. The van der Waals surface area contributed by atoms with Gasteiger partial charge in [0.2, 0.25) is 0 Å². The third-order valence-electron chi connectivity index (χ3n) is 13.6. The van der Waals surface area contributed by atoms with E-state index in [9.17, 15) is 0 Å². The Balaban J connectivity index is 1.11. The largest absolute Gasteiger partial charge is 0.0616 e. The maximum absolute atomic E-state index is 2.48.